The lowest BCUT2D eigenvalue weighted by Gasteiger charge is -2.32. The van der Waals surface area contributed by atoms with Crippen LogP contribution in [0.3, 0.4) is 0 Å². The highest BCUT2D eigenvalue weighted by molar-refractivity contribution is 6.39. The molecule has 1 saturated heterocycles. The second-order valence-electron chi connectivity index (χ2n) is 9.60. The Hall–Kier alpha value is -4.97. The van der Waals surface area contributed by atoms with Gasteiger partial charge in [-0.05, 0) is 29.3 Å². The van der Waals surface area contributed by atoms with Crippen molar-refractivity contribution < 1.29 is 23.3 Å². The first-order valence-corrected chi connectivity index (χ1v) is 12.4. The first-order chi connectivity index (χ1) is 20.0. The van der Waals surface area contributed by atoms with Crippen molar-refractivity contribution in [1.82, 2.24) is 9.80 Å². The van der Waals surface area contributed by atoms with Crippen LogP contribution < -0.4 is 10.6 Å². The fraction of sp³-hybridized carbons (Fsp3) is 0.233. The molecular weight excluding hydrogens is 494 g/mol. The summed E-state index contributed by atoms with van der Waals surface area (Å²) in [4.78, 5) is 55.6. The number of likely N-dealkylation sites (tertiary alicyclic amines) is 1. The molecular formula is C30H27N5O4. The van der Waals surface area contributed by atoms with Gasteiger partial charge in [0.25, 0.3) is 0 Å². The summed E-state index contributed by atoms with van der Waals surface area (Å²) in [6.07, 6.45) is -0.251. The summed E-state index contributed by atoms with van der Waals surface area (Å²) in [6, 6.07) is 22.8. The molecule has 5 rings (SSSR count). The van der Waals surface area contributed by atoms with Crippen molar-refractivity contribution in [3.8, 4) is 6.07 Å². The van der Waals surface area contributed by atoms with E-state index in [1.165, 1.54) is 12.1 Å². The van der Waals surface area contributed by atoms with Crippen LogP contribution in [0.5, 0.6) is 0 Å². The van der Waals surface area contributed by atoms with Crippen LogP contribution in [-0.2, 0) is 31.0 Å². The van der Waals surface area contributed by atoms with Crippen LogP contribution >= 0.6 is 0 Å². The summed E-state index contributed by atoms with van der Waals surface area (Å²) in [5.41, 5.74) is 0.794. The van der Waals surface area contributed by atoms with Crippen LogP contribution in [0.15, 0.2) is 84.9 Å². The summed E-state index contributed by atoms with van der Waals surface area (Å²) >= 11 is 0. The van der Waals surface area contributed by atoms with Crippen molar-refractivity contribution >= 4 is 35.0 Å². The Bertz CT molecular complexity index is 1580. The van der Waals surface area contributed by atoms with E-state index in [9.17, 15) is 24.4 Å². The summed E-state index contributed by atoms with van der Waals surface area (Å²) in [7, 11) is 0. The molecule has 0 saturated carbocycles. The minimum absolute atomic E-state index is 0.00759. The standard InChI is InChI=1S/C30H27N5O4/c1-34(28(38)26(36)32-21-12-6-3-7-13-21)25(16-20-10-4-2-5-11-20)27(37)35-19-30(17-22(35)18-31)23-14-8-9-15-24(23)33-29(30)39/h2-15,22,25H,16-17,19H2,1H3,(H,32,36)(H,33,39)/t22-,25-,30-/m0/s1/i1D3. The number of nitriles is 1. The summed E-state index contributed by atoms with van der Waals surface area (Å²) in [6.45, 7) is -3.39. The number of likely N-dealkylation sites (N-methyl/N-ethyl adjacent to an activating group) is 1. The highest BCUT2D eigenvalue weighted by atomic mass is 16.2. The topological polar surface area (TPSA) is 123 Å². The van der Waals surface area contributed by atoms with Crippen molar-refractivity contribution in [2.24, 2.45) is 0 Å². The Morgan fingerprint density at radius 3 is 2.46 bits per heavy atom. The smallest absolute Gasteiger partial charge is 0.313 e. The lowest BCUT2D eigenvalue weighted by Crippen LogP contribution is -2.54. The molecule has 0 unspecified atom stereocenters. The molecule has 3 aromatic rings. The van der Waals surface area contributed by atoms with Crippen LogP contribution in [0.25, 0.3) is 0 Å². The molecule has 196 valence electrons. The molecule has 2 aliphatic rings. The average Bonchev–Trinajstić information content (AvgIpc) is 3.50. The molecule has 2 aliphatic heterocycles. The molecule has 9 nitrogen and oxygen atoms in total. The molecule has 4 amide bonds. The predicted molar refractivity (Wildman–Crippen MR) is 144 cm³/mol. The molecule has 2 heterocycles. The third-order valence-corrected chi connectivity index (χ3v) is 7.23. The molecule has 0 radical (unpaired) electrons. The van der Waals surface area contributed by atoms with Crippen molar-refractivity contribution in [3.05, 3.63) is 96.1 Å². The first kappa shape index (κ1) is 22.1. The van der Waals surface area contributed by atoms with E-state index in [-0.39, 0.29) is 31.0 Å². The lowest BCUT2D eigenvalue weighted by molar-refractivity contribution is -0.149. The van der Waals surface area contributed by atoms with Crippen LogP contribution in [0.4, 0.5) is 11.4 Å². The maximum atomic E-state index is 14.3. The van der Waals surface area contributed by atoms with Crippen LogP contribution in [0.2, 0.25) is 0 Å². The van der Waals surface area contributed by atoms with Gasteiger partial charge in [0.1, 0.15) is 12.1 Å². The van der Waals surface area contributed by atoms with Gasteiger partial charge in [-0.2, -0.15) is 5.26 Å². The number of hydrogen-bond donors (Lipinski definition) is 2. The van der Waals surface area contributed by atoms with E-state index in [1.807, 2.05) is 0 Å². The van der Waals surface area contributed by atoms with Crippen molar-refractivity contribution in [2.45, 2.75) is 30.3 Å². The number of carbonyl (C=O) groups excluding carboxylic acids is 4. The minimum atomic E-state index is -3.20. The van der Waals surface area contributed by atoms with Gasteiger partial charge in [0.15, 0.2) is 0 Å². The highest BCUT2D eigenvalue weighted by Gasteiger charge is 2.56. The van der Waals surface area contributed by atoms with E-state index >= 15 is 0 Å². The zero-order valence-corrected chi connectivity index (χ0v) is 20.8. The molecule has 0 aliphatic carbocycles. The number of para-hydroxylation sites is 2. The Kier molecular flexibility index (Phi) is 5.89. The summed E-state index contributed by atoms with van der Waals surface area (Å²) in [5.74, 6) is -3.89. The lowest BCUT2D eigenvalue weighted by atomic mass is 9.80. The van der Waals surface area contributed by atoms with Gasteiger partial charge in [0, 0.05) is 41.8 Å². The summed E-state index contributed by atoms with van der Waals surface area (Å²) in [5, 5.41) is 15.3. The number of fused-ring (bicyclic) bond motifs is 2. The van der Waals surface area contributed by atoms with Gasteiger partial charge in [-0.15, -0.1) is 0 Å². The van der Waals surface area contributed by atoms with Crippen molar-refractivity contribution in [1.29, 1.82) is 5.26 Å². The Morgan fingerprint density at radius 1 is 1.10 bits per heavy atom. The Balaban J connectivity index is 1.53. The maximum absolute atomic E-state index is 14.3. The van der Waals surface area contributed by atoms with Crippen LogP contribution in [-0.4, -0.2) is 59.0 Å². The Morgan fingerprint density at radius 2 is 1.77 bits per heavy atom. The number of benzene rings is 3. The molecule has 0 aromatic heterocycles. The zero-order valence-electron chi connectivity index (χ0n) is 23.8. The van der Waals surface area contributed by atoms with Gasteiger partial charge in [-0.25, -0.2) is 0 Å². The molecule has 2 N–H and O–H groups in total. The maximum Gasteiger partial charge on any atom is 0.313 e. The molecule has 3 aromatic carbocycles. The fourth-order valence-electron chi connectivity index (χ4n) is 5.26. The first-order valence-electron chi connectivity index (χ1n) is 13.9. The molecule has 1 spiro atoms. The normalized spacial score (nSPS) is 21.5. The minimum Gasteiger partial charge on any atom is -0.325 e. The van der Waals surface area contributed by atoms with Crippen molar-refractivity contribution in [3.63, 3.8) is 0 Å². The zero-order chi connectivity index (χ0) is 30.1. The number of nitrogens with one attached hydrogen (secondary N) is 2. The summed E-state index contributed by atoms with van der Waals surface area (Å²) < 4.78 is 24.6. The third-order valence-electron chi connectivity index (χ3n) is 7.23. The van der Waals surface area contributed by atoms with Gasteiger partial charge in [-0.3, -0.25) is 19.2 Å². The van der Waals surface area contributed by atoms with E-state index in [1.54, 1.807) is 72.8 Å². The second-order valence-corrected chi connectivity index (χ2v) is 9.60. The molecule has 3 atom stereocenters. The number of carbonyl (C=O) groups is 4. The highest BCUT2D eigenvalue weighted by Crippen LogP contribution is 2.46. The molecule has 0 bridgehead atoms. The van der Waals surface area contributed by atoms with E-state index in [0.29, 0.717) is 21.7 Å². The SMILES string of the molecule is [2H]C([2H])([2H])N(C(=O)C(=O)Nc1ccccc1)[C@@H](Cc1ccccc1)C(=O)N1C[C@]2(C[C@H]1C#N)C(=O)Nc1ccccc12. The number of nitrogens with zero attached hydrogens (tertiary/aromatic N) is 3. The third kappa shape index (κ3) is 4.73. The van der Waals surface area contributed by atoms with Gasteiger partial charge < -0.3 is 20.4 Å². The van der Waals surface area contributed by atoms with E-state index in [0.717, 1.165) is 4.90 Å². The van der Waals surface area contributed by atoms with Gasteiger partial charge in [0.05, 0.1) is 11.5 Å². The Labute approximate surface area is 230 Å². The number of anilines is 2. The molecule has 39 heavy (non-hydrogen) atoms. The molecule has 1 fully saturated rings. The quantitative estimate of drug-likeness (QED) is 0.497. The van der Waals surface area contributed by atoms with Crippen LogP contribution in [0.1, 0.15) is 21.7 Å². The fourth-order valence-corrected chi connectivity index (χ4v) is 5.26. The number of rotatable bonds is 5. The monoisotopic (exact) mass is 524 g/mol. The number of hydrogen-bond acceptors (Lipinski definition) is 5. The van der Waals surface area contributed by atoms with E-state index in [2.05, 4.69) is 16.7 Å². The van der Waals surface area contributed by atoms with Gasteiger partial charge >= 0.3 is 11.8 Å². The van der Waals surface area contributed by atoms with E-state index < -0.39 is 42.2 Å². The predicted octanol–water partition coefficient (Wildman–Crippen LogP) is 2.71. The molecule has 9 heteroatoms. The van der Waals surface area contributed by atoms with Crippen LogP contribution in [0, 0.1) is 11.3 Å². The average molecular weight is 525 g/mol. The largest absolute Gasteiger partial charge is 0.325 e. The second kappa shape index (κ2) is 10.4. The van der Waals surface area contributed by atoms with Crippen molar-refractivity contribution in [2.75, 3.05) is 24.2 Å². The van der Waals surface area contributed by atoms with Gasteiger partial charge in [0.2, 0.25) is 11.8 Å². The number of amides is 4. The van der Waals surface area contributed by atoms with Gasteiger partial charge in [-0.1, -0.05) is 66.7 Å². The van der Waals surface area contributed by atoms with E-state index in [4.69, 9.17) is 4.11 Å².